The molecule has 0 aliphatic carbocycles. The summed E-state index contributed by atoms with van der Waals surface area (Å²) in [4.78, 5) is 23.1. The first-order valence-electron chi connectivity index (χ1n) is 11.4. The molecule has 0 N–H and O–H groups in total. The van der Waals surface area contributed by atoms with E-state index in [1.807, 2.05) is 64.2 Å². The number of nitrogens with zero attached hydrogens (tertiary/aromatic N) is 5. The summed E-state index contributed by atoms with van der Waals surface area (Å²) in [5.41, 5.74) is 2.55. The van der Waals surface area contributed by atoms with Gasteiger partial charge < -0.3 is 9.64 Å². The maximum absolute atomic E-state index is 12.5. The van der Waals surface area contributed by atoms with Crippen LogP contribution in [0.5, 0.6) is 11.5 Å². The van der Waals surface area contributed by atoms with E-state index in [9.17, 15) is 4.79 Å². The van der Waals surface area contributed by atoms with Crippen LogP contribution in [0.1, 0.15) is 20.3 Å². The van der Waals surface area contributed by atoms with Crippen LogP contribution in [0.15, 0.2) is 79.8 Å². The second kappa shape index (κ2) is 8.74. The Balaban J connectivity index is 1.45. The number of benzene rings is 2. The number of para-hydroxylation sites is 1. The molecule has 0 radical (unpaired) electrons. The Kier molecular flexibility index (Phi) is 5.61. The van der Waals surface area contributed by atoms with E-state index in [-0.39, 0.29) is 17.4 Å². The first-order valence-corrected chi connectivity index (χ1v) is 11.4. The SMILES string of the molecule is C=CC(=O)N1CC(C)(C)C[C@H]1Cn1nc(-c2ccc(Oc3ccccc3)cc2)c2cncnc21. The standard InChI is InChI=1S/C27H27N5O2/c1-4-24(33)31-17-27(2,3)14-20(31)16-32-26-23(15-28-18-29-26)25(30-32)19-10-12-22(13-11-19)34-21-8-6-5-7-9-21/h4-13,15,18,20H,1,14,16-17H2,2-3H3/t20-/m0/s1. The van der Waals surface area contributed by atoms with Gasteiger partial charge in [0.15, 0.2) is 5.65 Å². The number of hydrogen-bond acceptors (Lipinski definition) is 5. The lowest BCUT2D eigenvalue weighted by atomic mass is 9.91. The van der Waals surface area contributed by atoms with Crippen molar-refractivity contribution in [2.24, 2.45) is 5.41 Å². The number of hydrogen-bond donors (Lipinski definition) is 0. The van der Waals surface area contributed by atoms with Gasteiger partial charge in [0.25, 0.3) is 0 Å². The Morgan fingerprint density at radius 1 is 1.15 bits per heavy atom. The predicted molar refractivity (Wildman–Crippen MR) is 131 cm³/mol. The lowest BCUT2D eigenvalue weighted by Gasteiger charge is -2.23. The summed E-state index contributed by atoms with van der Waals surface area (Å²) < 4.78 is 7.82. The minimum atomic E-state index is -0.0455. The molecule has 5 rings (SSSR count). The fourth-order valence-corrected chi connectivity index (χ4v) is 4.70. The molecule has 0 spiro atoms. The number of likely N-dealkylation sites (tertiary alicyclic amines) is 1. The van der Waals surface area contributed by atoms with Gasteiger partial charge in [0, 0.05) is 18.3 Å². The van der Waals surface area contributed by atoms with Gasteiger partial charge in [-0.1, -0.05) is 38.6 Å². The highest BCUT2D eigenvalue weighted by Gasteiger charge is 2.39. The molecule has 34 heavy (non-hydrogen) atoms. The van der Waals surface area contributed by atoms with Crippen molar-refractivity contribution in [3.63, 3.8) is 0 Å². The number of rotatable bonds is 6. The number of amides is 1. The lowest BCUT2D eigenvalue weighted by molar-refractivity contribution is -0.127. The predicted octanol–water partition coefficient (Wildman–Crippen LogP) is 5.10. The summed E-state index contributed by atoms with van der Waals surface area (Å²) in [5, 5.41) is 5.79. The number of carbonyl (C=O) groups excluding carboxylic acids is 1. The van der Waals surface area contributed by atoms with Gasteiger partial charge in [-0.25, -0.2) is 14.6 Å². The molecule has 2 aromatic heterocycles. The zero-order valence-electron chi connectivity index (χ0n) is 19.4. The Morgan fingerprint density at radius 2 is 1.88 bits per heavy atom. The molecule has 1 amide bonds. The maximum Gasteiger partial charge on any atom is 0.246 e. The molecule has 1 fully saturated rings. The average molecular weight is 454 g/mol. The van der Waals surface area contributed by atoms with Crippen LogP contribution in [-0.4, -0.2) is 43.1 Å². The highest BCUT2D eigenvalue weighted by molar-refractivity contribution is 5.90. The molecular weight excluding hydrogens is 426 g/mol. The van der Waals surface area contributed by atoms with E-state index in [0.717, 1.165) is 40.2 Å². The molecule has 0 unspecified atom stereocenters. The van der Waals surface area contributed by atoms with Crippen molar-refractivity contribution in [1.82, 2.24) is 24.6 Å². The van der Waals surface area contributed by atoms with Crippen molar-refractivity contribution in [2.45, 2.75) is 32.9 Å². The van der Waals surface area contributed by atoms with Gasteiger partial charge in [0.1, 0.15) is 23.5 Å². The van der Waals surface area contributed by atoms with Crippen molar-refractivity contribution >= 4 is 16.9 Å². The molecule has 1 saturated heterocycles. The molecule has 1 aliphatic heterocycles. The van der Waals surface area contributed by atoms with Crippen LogP contribution in [0.3, 0.4) is 0 Å². The number of aromatic nitrogens is 4. The summed E-state index contributed by atoms with van der Waals surface area (Å²) in [5.74, 6) is 1.49. The van der Waals surface area contributed by atoms with E-state index < -0.39 is 0 Å². The van der Waals surface area contributed by atoms with Gasteiger partial charge in [-0.2, -0.15) is 5.10 Å². The van der Waals surface area contributed by atoms with E-state index in [2.05, 4.69) is 30.4 Å². The fourth-order valence-electron chi connectivity index (χ4n) is 4.70. The minimum absolute atomic E-state index is 0.0214. The van der Waals surface area contributed by atoms with E-state index in [0.29, 0.717) is 13.1 Å². The Labute approximate surface area is 198 Å². The average Bonchev–Trinajstić information content (AvgIpc) is 3.36. The topological polar surface area (TPSA) is 73.1 Å². The summed E-state index contributed by atoms with van der Waals surface area (Å²) >= 11 is 0. The smallest absolute Gasteiger partial charge is 0.246 e. The van der Waals surface area contributed by atoms with E-state index in [1.54, 1.807) is 6.20 Å². The van der Waals surface area contributed by atoms with E-state index in [1.165, 1.54) is 12.4 Å². The van der Waals surface area contributed by atoms with Crippen molar-refractivity contribution < 1.29 is 9.53 Å². The lowest BCUT2D eigenvalue weighted by Crippen LogP contribution is -2.37. The minimum Gasteiger partial charge on any atom is -0.457 e. The molecule has 172 valence electrons. The highest BCUT2D eigenvalue weighted by atomic mass is 16.5. The summed E-state index contributed by atoms with van der Waals surface area (Å²) in [6.07, 6.45) is 5.61. The van der Waals surface area contributed by atoms with Gasteiger partial charge in [0.2, 0.25) is 5.91 Å². The number of carbonyl (C=O) groups is 1. The van der Waals surface area contributed by atoms with E-state index >= 15 is 0 Å². The van der Waals surface area contributed by atoms with Gasteiger partial charge >= 0.3 is 0 Å². The number of ether oxygens (including phenoxy) is 1. The molecule has 1 atom stereocenters. The molecule has 2 aromatic carbocycles. The third-order valence-corrected chi connectivity index (χ3v) is 6.19. The van der Waals surface area contributed by atoms with Crippen LogP contribution in [0.2, 0.25) is 0 Å². The maximum atomic E-state index is 12.5. The zero-order chi connectivity index (χ0) is 23.7. The molecule has 1 aliphatic rings. The monoisotopic (exact) mass is 453 g/mol. The van der Waals surface area contributed by atoms with E-state index in [4.69, 9.17) is 9.84 Å². The van der Waals surface area contributed by atoms with Crippen molar-refractivity contribution in [3.8, 4) is 22.8 Å². The summed E-state index contributed by atoms with van der Waals surface area (Å²) in [6.45, 7) is 9.31. The van der Waals surface area contributed by atoms with Gasteiger partial charge in [0.05, 0.1) is 18.0 Å². The van der Waals surface area contributed by atoms with Crippen LogP contribution in [0.25, 0.3) is 22.3 Å². The molecule has 7 nitrogen and oxygen atoms in total. The molecular formula is C27H27N5O2. The van der Waals surface area contributed by atoms with Crippen LogP contribution >= 0.6 is 0 Å². The van der Waals surface area contributed by atoms with Crippen LogP contribution < -0.4 is 4.74 Å². The molecule has 7 heteroatoms. The molecule has 0 saturated carbocycles. The summed E-state index contributed by atoms with van der Waals surface area (Å²) in [7, 11) is 0. The zero-order valence-corrected chi connectivity index (χ0v) is 19.4. The van der Waals surface area contributed by atoms with Crippen molar-refractivity contribution in [3.05, 3.63) is 79.8 Å². The van der Waals surface area contributed by atoms with Crippen LogP contribution in [-0.2, 0) is 11.3 Å². The quantitative estimate of drug-likeness (QED) is 0.380. The third-order valence-electron chi connectivity index (χ3n) is 6.19. The highest BCUT2D eigenvalue weighted by Crippen LogP contribution is 2.36. The largest absolute Gasteiger partial charge is 0.457 e. The Hall–Kier alpha value is -4.00. The summed E-state index contributed by atoms with van der Waals surface area (Å²) in [6, 6.07) is 17.5. The van der Waals surface area contributed by atoms with Gasteiger partial charge in [-0.3, -0.25) is 4.79 Å². The van der Waals surface area contributed by atoms with Crippen LogP contribution in [0.4, 0.5) is 0 Å². The molecule has 0 bridgehead atoms. The number of fused-ring (bicyclic) bond motifs is 1. The molecule has 4 aromatic rings. The van der Waals surface area contributed by atoms with Crippen molar-refractivity contribution in [1.29, 1.82) is 0 Å². The van der Waals surface area contributed by atoms with Gasteiger partial charge in [-0.15, -0.1) is 0 Å². The normalized spacial score (nSPS) is 17.1. The first-order chi connectivity index (χ1) is 16.4. The Morgan fingerprint density at radius 3 is 2.62 bits per heavy atom. The first kappa shape index (κ1) is 21.8. The Bertz CT molecular complexity index is 1330. The molecule has 3 heterocycles. The third kappa shape index (κ3) is 4.29. The fraction of sp³-hybridized carbons (Fsp3) is 0.259. The second-order valence-electron chi connectivity index (χ2n) is 9.42. The second-order valence-corrected chi connectivity index (χ2v) is 9.42. The van der Waals surface area contributed by atoms with Gasteiger partial charge in [-0.05, 0) is 54.3 Å². The van der Waals surface area contributed by atoms with Crippen molar-refractivity contribution in [2.75, 3.05) is 6.54 Å². The van der Waals surface area contributed by atoms with Crippen LogP contribution in [0, 0.1) is 5.41 Å².